The zero-order valence-corrected chi connectivity index (χ0v) is 9.35. The van der Waals surface area contributed by atoms with E-state index in [2.05, 4.69) is 4.99 Å². The van der Waals surface area contributed by atoms with Crippen LogP contribution in [0.25, 0.3) is 0 Å². The van der Waals surface area contributed by atoms with Gasteiger partial charge in [0, 0.05) is 13.0 Å². The summed E-state index contributed by atoms with van der Waals surface area (Å²) in [6, 6.07) is 7.87. The molecule has 0 saturated carbocycles. The molecule has 0 spiro atoms. The average molecular weight is 220 g/mol. The van der Waals surface area contributed by atoms with Crippen molar-refractivity contribution in [3.8, 4) is 5.75 Å². The van der Waals surface area contributed by atoms with Gasteiger partial charge in [-0.05, 0) is 17.7 Å². The van der Waals surface area contributed by atoms with Crippen LogP contribution in [0.1, 0.15) is 18.1 Å². The topological polar surface area (TPSA) is 56.8 Å². The number of hydrogen-bond donors (Lipinski definition) is 1. The van der Waals surface area contributed by atoms with Gasteiger partial charge in [0.05, 0.1) is 13.7 Å². The van der Waals surface area contributed by atoms with Crippen molar-refractivity contribution in [2.75, 3.05) is 20.2 Å². The molecule has 2 rings (SSSR count). The third kappa shape index (κ3) is 2.33. The molecule has 1 aliphatic rings. The van der Waals surface area contributed by atoms with Gasteiger partial charge in [-0.1, -0.05) is 12.1 Å². The fourth-order valence-corrected chi connectivity index (χ4v) is 1.70. The zero-order chi connectivity index (χ0) is 11.4. The van der Waals surface area contributed by atoms with Crippen LogP contribution in [0.2, 0.25) is 0 Å². The molecule has 4 heteroatoms. The van der Waals surface area contributed by atoms with Crippen LogP contribution in [-0.4, -0.2) is 26.1 Å². The van der Waals surface area contributed by atoms with Crippen molar-refractivity contribution >= 4 is 5.90 Å². The van der Waals surface area contributed by atoms with E-state index in [1.54, 1.807) is 7.11 Å². The van der Waals surface area contributed by atoms with Crippen LogP contribution in [0.15, 0.2) is 29.3 Å². The number of nitrogens with zero attached hydrogens (tertiary/aromatic N) is 1. The summed E-state index contributed by atoms with van der Waals surface area (Å²) >= 11 is 0. The quantitative estimate of drug-likeness (QED) is 0.836. The molecule has 0 amide bonds. The fraction of sp³-hybridized carbons (Fsp3) is 0.417. The van der Waals surface area contributed by atoms with Gasteiger partial charge < -0.3 is 15.2 Å². The molecule has 0 saturated heterocycles. The van der Waals surface area contributed by atoms with Crippen molar-refractivity contribution in [3.63, 3.8) is 0 Å². The first kappa shape index (κ1) is 11.0. The van der Waals surface area contributed by atoms with Gasteiger partial charge in [0.15, 0.2) is 5.90 Å². The highest BCUT2D eigenvalue weighted by atomic mass is 16.5. The van der Waals surface area contributed by atoms with Crippen LogP contribution < -0.4 is 10.5 Å². The van der Waals surface area contributed by atoms with E-state index in [-0.39, 0.29) is 6.10 Å². The van der Waals surface area contributed by atoms with E-state index in [0.717, 1.165) is 17.2 Å². The third-order valence-electron chi connectivity index (χ3n) is 2.54. The van der Waals surface area contributed by atoms with Crippen molar-refractivity contribution in [3.05, 3.63) is 29.8 Å². The summed E-state index contributed by atoms with van der Waals surface area (Å²) in [7, 11) is 1.66. The predicted octanol–water partition coefficient (Wildman–Crippen LogP) is 1.51. The van der Waals surface area contributed by atoms with E-state index in [4.69, 9.17) is 15.2 Å². The summed E-state index contributed by atoms with van der Waals surface area (Å²) < 4.78 is 10.9. The summed E-state index contributed by atoms with van der Waals surface area (Å²) in [6.45, 7) is 1.24. The maximum absolute atomic E-state index is 5.70. The molecular weight excluding hydrogens is 204 g/mol. The van der Waals surface area contributed by atoms with E-state index in [1.165, 1.54) is 0 Å². The van der Waals surface area contributed by atoms with E-state index >= 15 is 0 Å². The minimum absolute atomic E-state index is 0.0108. The molecule has 2 N–H and O–H groups in total. The Kier molecular flexibility index (Phi) is 3.41. The normalized spacial score (nSPS) is 19.1. The van der Waals surface area contributed by atoms with Crippen LogP contribution in [0.3, 0.4) is 0 Å². The Bertz CT molecular complexity index is 390. The number of rotatable bonds is 4. The summed E-state index contributed by atoms with van der Waals surface area (Å²) in [5, 5.41) is 0. The Morgan fingerprint density at radius 2 is 2.44 bits per heavy atom. The van der Waals surface area contributed by atoms with Gasteiger partial charge in [-0.15, -0.1) is 0 Å². The minimum Gasteiger partial charge on any atom is -0.497 e. The lowest BCUT2D eigenvalue weighted by Gasteiger charge is -2.12. The molecule has 1 atom stereocenters. The molecule has 0 fully saturated rings. The van der Waals surface area contributed by atoms with E-state index in [9.17, 15) is 0 Å². The second-order valence-corrected chi connectivity index (χ2v) is 3.66. The van der Waals surface area contributed by atoms with Crippen LogP contribution in [0.5, 0.6) is 5.75 Å². The lowest BCUT2D eigenvalue weighted by atomic mass is 10.1. The maximum atomic E-state index is 5.70. The zero-order valence-electron chi connectivity index (χ0n) is 9.35. The van der Waals surface area contributed by atoms with Crippen molar-refractivity contribution in [2.24, 2.45) is 10.7 Å². The summed E-state index contributed by atoms with van der Waals surface area (Å²) in [6.07, 6.45) is 0.720. The number of ether oxygens (including phenoxy) is 2. The molecule has 86 valence electrons. The summed E-state index contributed by atoms with van der Waals surface area (Å²) in [5.41, 5.74) is 6.55. The first-order chi connectivity index (χ1) is 7.83. The van der Waals surface area contributed by atoms with E-state index in [1.807, 2.05) is 24.3 Å². The van der Waals surface area contributed by atoms with Crippen molar-refractivity contribution in [1.82, 2.24) is 0 Å². The highest BCUT2D eigenvalue weighted by Crippen LogP contribution is 2.26. The van der Waals surface area contributed by atoms with E-state index < -0.39 is 0 Å². The Morgan fingerprint density at radius 1 is 1.56 bits per heavy atom. The van der Waals surface area contributed by atoms with Crippen molar-refractivity contribution in [2.45, 2.75) is 12.5 Å². The molecule has 4 nitrogen and oxygen atoms in total. The van der Waals surface area contributed by atoms with Gasteiger partial charge in [-0.3, -0.25) is 4.99 Å². The number of benzene rings is 1. The highest BCUT2D eigenvalue weighted by molar-refractivity contribution is 5.78. The third-order valence-corrected chi connectivity index (χ3v) is 2.54. The molecule has 0 bridgehead atoms. The molecule has 1 aromatic rings. The number of methoxy groups -OCH3 is 1. The molecule has 0 aromatic heterocycles. The number of aliphatic imine (C=N–C) groups is 1. The molecule has 16 heavy (non-hydrogen) atoms. The van der Waals surface area contributed by atoms with Gasteiger partial charge >= 0.3 is 0 Å². The Morgan fingerprint density at radius 3 is 3.19 bits per heavy atom. The molecule has 1 unspecified atom stereocenters. The predicted molar refractivity (Wildman–Crippen MR) is 62.8 cm³/mol. The maximum Gasteiger partial charge on any atom is 0.185 e. The van der Waals surface area contributed by atoms with Crippen LogP contribution in [0, 0.1) is 0 Å². The Labute approximate surface area is 95.1 Å². The monoisotopic (exact) mass is 220 g/mol. The molecular formula is C12H16N2O2. The summed E-state index contributed by atoms with van der Waals surface area (Å²) in [5.74, 6) is 1.60. The Balaban J connectivity index is 2.04. The second-order valence-electron chi connectivity index (χ2n) is 3.66. The molecule has 1 aliphatic heterocycles. The molecule has 0 aliphatic carbocycles. The lowest BCUT2D eigenvalue weighted by molar-refractivity contribution is 0.223. The molecule has 1 heterocycles. The van der Waals surface area contributed by atoms with Gasteiger partial charge in [0.2, 0.25) is 0 Å². The average Bonchev–Trinajstić information content (AvgIpc) is 2.78. The highest BCUT2D eigenvalue weighted by Gasteiger charge is 2.21. The standard InChI is InChI=1S/C12H16N2O2/c1-15-10-4-2-3-9(7-10)11-8-14-12(16-11)5-6-13/h2-4,7,11H,5-6,8,13H2,1H3. The first-order valence-corrected chi connectivity index (χ1v) is 5.37. The SMILES string of the molecule is COc1cccc(C2CN=C(CCN)O2)c1. The molecule has 1 aromatic carbocycles. The number of hydrogen-bond acceptors (Lipinski definition) is 4. The minimum atomic E-state index is 0.0108. The van der Waals surface area contributed by atoms with Gasteiger partial charge in [-0.25, -0.2) is 0 Å². The van der Waals surface area contributed by atoms with Gasteiger partial charge in [-0.2, -0.15) is 0 Å². The Hall–Kier alpha value is -1.55. The van der Waals surface area contributed by atoms with E-state index in [0.29, 0.717) is 19.5 Å². The van der Waals surface area contributed by atoms with Crippen LogP contribution in [-0.2, 0) is 4.74 Å². The number of nitrogens with two attached hydrogens (primary N) is 1. The molecule has 0 radical (unpaired) electrons. The fourth-order valence-electron chi connectivity index (χ4n) is 1.70. The van der Waals surface area contributed by atoms with Gasteiger partial charge in [0.25, 0.3) is 0 Å². The smallest absolute Gasteiger partial charge is 0.185 e. The van der Waals surface area contributed by atoms with Crippen molar-refractivity contribution in [1.29, 1.82) is 0 Å². The van der Waals surface area contributed by atoms with Crippen molar-refractivity contribution < 1.29 is 9.47 Å². The first-order valence-electron chi connectivity index (χ1n) is 5.37. The van der Waals surface area contributed by atoms with Crippen LogP contribution in [0.4, 0.5) is 0 Å². The summed E-state index contributed by atoms with van der Waals surface area (Å²) in [4.78, 5) is 4.31. The van der Waals surface area contributed by atoms with Crippen LogP contribution >= 0.6 is 0 Å². The lowest BCUT2D eigenvalue weighted by Crippen LogP contribution is -2.10. The largest absolute Gasteiger partial charge is 0.497 e. The van der Waals surface area contributed by atoms with Gasteiger partial charge in [0.1, 0.15) is 11.9 Å². The second kappa shape index (κ2) is 4.99.